The summed E-state index contributed by atoms with van der Waals surface area (Å²) in [5.41, 5.74) is 1.39. The fraction of sp³-hybridized carbons (Fsp3) is 0.706. The average molecular weight is 322 g/mol. The fourth-order valence-electron chi connectivity index (χ4n) is 3.40. The van der Waals surface area contributed by atoms with Crippen LogP contribution in [0.1, 0.15) is 20.3 Å². The summed E-state index contributed by atoms with van der Waals surface area (Å²) in [4.78, 5) is 11.6. The predicted molar refractivity (Wildman–Crippen MR) is 91.0 cm³/mol. The maximum atomic E-state index is 11.6. The second kappa shape index (κ2) is 6.38. The van der Waals surface area contributed by atoms with E-state index in [1.165, 1.54) is 5.57 Å². The summed E-state index contributed by atoms with van der Waals surface area (Å²) >= 11 is 1.92. The van der Waals surface area contributed by atoms with E-state index < -0.39 is 0 Å². The van der Waals surface area contributed by atoms with E-state index in [1.54, 1.807) is 0 Å². The average Bonchev–Trinajstić information content (AvgIpc) is 3.18. The summed E-state index contributed by atoms with van der Waals surface area (Å²) in [7, 11) is 1.81. The number of thioether (sulfide) groups is 1. The molecule has 2 N–H and O–H groups in total. The molecule has 0 aromatic carbocycles. The smallest absolute Gasteiger partial charge is 0.234 e. The molecule has 1 aliphatic heterocycles. The third-order valence-corrected chi connectivity index (χ3v) is 6.50. The Morgan fingerprint density at radius 3 is 3.00 bits per heavy atom. The van der Waals surface area contributed by atoms with Crippen molar-refractivity contribution in [3.8, 4) is 0 Å². The van der Waals surface area contributed by atoms with Crippen molar-refractivity contribution in [3.63, 3.8) is 0 Å². The number of piperazine rings is 1. The Kier molecular flexibility index (Phi) is 4.67. The van der Waals surface area contributed by atoms with E-state index in [0.29, 0.717) is 24.5 Å². The van der Waals surface area contributed by atoms with Crippen molar-refractivity contribution in [2.75, 3.05) is 26.0 Å². The van der Waals surface area contributed by atoms with E-state index in [1.807, 2.05) is 18.9 Å². The molecule has 1 amide bonds. The normalized spacial score (nSPS) is 34.5. The summed E-state index contributed by atoms with van der Waals surface area (Å²) in [6, 6.07) is 0.175. The summed E-state index contributed by atoms with van der Waals surface area (Å²) < 4.78 is 5.53. The van der Waals surface area contributed by atoms with Gasteiger partial charge < -0.3 is 15.4 Å². The zero-order valence-corrected chi connectivity index (χ0v) is 14.4. The van der Waals surface area contributed by atoms with Crippen LogP contribution >= 0.6 is 11.8 Å². The van der Waals surface area contributed by atoms with Gasteiger partial charge >= 0.3 is 0 Å². The number of carbonyl (C=O) groups excluding carboxylic acids is 1. The Morgan fingerprint density at radius 2 is 2.27 bits per heavy atom. The molecule has 5 heteroatoms. The predicted octanol–water partition coefficient (Wildman–Crippen LogP) is 1.73. The highest BCUT2D eigenvalue weighted by Crippen LogP contribution is 2.47. The first kappa shape index (κ1) is 16.1. The molecule has 4 atom stereocenters. The Hall–Kier alpha value is -0.780. The Morgan fingerprint density at radius 1 is 1.45 bits per heavy atom. The molecule has 1 heterocycles. The molecule has 4 nitrogen and oxygen atoms in total. The van der Waals surface area contributed by atoms with E-state index in [4.69, 9.17) is 4.74 Å². The van der Waals surface area contributed by atoms with Gasteiger partial charge in [-0.2, -0.15) is 0 Å². The quantitative estimate of drug-likeness (QED) is 0.809. The molecule has 4 unspecified atom stereocenters. The topological polar surface area (TPSA) is 50.4 Å². The molecule has 3 aliphatic rings. The number of fused-ring (bicyclic) bond motifs is 1. The molecule has 0 spiro atoms. The molecule has 122 valence electrons. The van der Waals surface area contributed by atoms with Gasteiger partial charge in [-0.1, -0.05) is 18.2 Å². The second-order valence-corrected chi connectivity index (χ2v) is 8.59. The van der Waals surface area contributed by atoms with Gasteiger partial charge in [-0.15, -0.1) is 11.8 Å². The molecule has 2 aliphatic carbocycles. The van der Waals surface area contributed by atoms with E-state index in [0.717, 1.165) is 18.7 Å². The number of amides is 1. The lowest BCUT2D eigenvalue weighted by atomic mass is 10.0. The van der Waals surface area contributed by atoms with Crippen molar-refractivity contribution < 1.29 is 9.53 Å². The van der Waals surface area contributed by atoms with Crippen LogP contribution in [-0.2, 0) is 9.53 Å². The SMILES string of the molecule is COC1C2C=C(CSC(C)(C)C3CNCC(=O)N3)C=CCC21. The number of allylic oxidation sites excluding steroid dienone is 2. The molecule has 1 saturated carbocycles. The summed E-state index contributed by atoms with van der Waals surface area (Å²) in [5.74, 6) is 2.35. The minimum absolute atomic E-state index is 0.00761. The van der Waals surface area contributed by atoms with E-state index >= 15 is 0 Å². The van der Waals surface area contributed by atoms with Gasteiger partial charge in [-0.3, -0.25) is 4.79 Å². The molecule has 0 bridgehead atoms. The molecule has 0 aromatic rings. The molecular weight excluding hydrogens is 296 g/mol. The third-order valence-electron chi connectivity index (χ3n) is 4.99. The van der Waals surface area contributed by atoms with Crippen LogP contribution in [-0.4, -0.2) is 48.8 Å². The van der Waals surface area contributed by atoms with Gasteiger partial charge in [0, 0.05) is 30.1 Å². The van der Waals surface area contributed by atoms with Crippen molar-refractivity contribution in [3.05, 3.63) is 23.8 Å². The lowest BCUT2D eigenvalue weighted by Gasteiger charge is -2.37. The van der Waals surface area contributed by atoms with Crippen LogP contribution in [0.4, 0.5) is 0 Å². The monoisotopic (exact) mass is 322 g/mol. The maximum Gasteiger partial charge on any atom is 0.234 e. The Balaban J connectivity index is 1.58. The summed E-state index contributed by atoms with van der Waals surface area (Å²) in [6.07, 6.45) is 8.48. The first-order chi connectivity index (χ1) is 10.5. The van der Waals surface area contributed by atoms with Crippen molar-refractivity contribution in [2.45, 2.75) is 37.2 Å². The van der Waals surface area contributed by atoms with E-state index in [2.05, 4.69) is 42.7 Å². The molecule has 0 radical (unpaired) electrons. The highest BCUT2D eigenvalue weighted by atomic mass is 32.2. The molecular formula is C17H26N2O2S. The van der Waals surface area contributed by atoms with Crippen molar-refractivity contribution >= 4 is 17.7 Å². The van der Waals surface area contributed by atoms with Gasteiger partial charge in [-0.25, -0.2) is 0 Å². The zero-order chi connectivity index (χ0) is 15.7. The fourth-order valence-corrected chi connectivity index (χ4v) is 4.48. The number of carbonyl (C=O) groups is 1. The highest BCUT2D eigenvalue weighted by Gasteiger charge is 2.48. The third kappa shape index (κ3) is 3.42. The second-order valence-electron chi connectivity index (χ2n) is 6.96. The first-order valence-corrected chi connectivity index (χ1v) is 9.04. The van der Waals surface area contributed by atoms with Gasteiger partial charge in [0.15, 0.2) is 0 Å². The van der Waals surface area contributed by atoms with Crippen molar-refractivity contribution in [1.82, 2.24) is 10.6 Å². The number of rotatable bonds is 5. The van der Waals surface area contributed by atoms with E-state index in [-0.39, 0.29) is 16.7 Å². The molecule has 0 aromatic heterocycles. The number of nitrogens with one attached hydrogen (secondary N) is 2. The molecule has 2 fully saturated rings. The van der Waals surface area contributed by atoms with E-state index in [9.17, 15) is 4.79 Å². The van der Waals surface area contributed by atoms with Crippen LogP contribution in [0.3, 0.4) is 0 Å². The van der Waals surface area contributed by atoms with Gasteiger partial charge in [0.25, 0.3) is 0 Å². The minimum Gasteiger partial charge on any atom is -0.381 e. The lowest BCUT2D eigenvalue weighted by Crippen LogP contribution is -2.59. The Labute approximate surface area is 137 Å². The number of methoxy groups -OCH3 is 1. The minimum atomic E-state index is 0.00761. The number of hydrogen-bond donors (Lipinski definition) is 2. The van der Waals surface area contributed by atoms with Crippen LogP contribution in [0, 0.1) is 11.8 Å². The zero-order valence-electron chi connectivity index (χ0n) is 13.6. The van der Waals surface area contributed by atoms with Gasteiger partial charge in [0.2, 0.25) is 5.91 Å². The maximum absolute atomic E-state index is 11.6. The lowest BCUT2D eigenvalue weighted by molar-refractivity contribution is -0.122. The standard InChI is InChI=1S/C17H26N2O2S/c1-17(2,14-8-18-9-15(20)19-14)22-10-11-5-4-6-12-13(7-11)16(12)21-3/h4-5,7,12-14,16,18H,6,8-10H2,1-3H3,(H,19,20). The first-order valence-electron chi connectivity index (χ1n) is 8.05. The van der Waals surface area contributed by atoms with Crippen LogP contribution in [0.25, 0.3) is 0 Å². The largest absolute Gasteiger partial charge is 0.381 e. The molecule has 1 saturated heterocycles. The van der Waals surface area contributed by atoms with Crippen molar-refractivity contribution in [1.29, 1.82) is 0 Å². The number of ether oxygens (including phenoxy) is 1. The van der Waals surface area contributed by atoms with Gasteiger partial charge in [0.05, 0.1) is 18.7 Å². The summed E-state index contributed by atoms with van der Waals surface area (Å²) in [6.45, 7) is 5.71. The van der Waals surface area contributed by atoms with Crippen LogP contribution in [0.15, 0.2) is 23.8 Å². The van der Waals surface area contributed by atoms with Crippen LogP contribution in [0.2, 0.25) is 0 Å². The Bertz CT molecular complexity index is 501. The molecule has 3 rings (SSSR count). The highest BCUT2D eigenvalue weighted by molar-refractivity contribution is 8.00. The van der Waals surface area contributed by atoms with Gasteiger partial charge in [-0.05, 0) is 31.8 Å². The molecule has 22 heavy (non-hydrogen) atoms. The van der Waals surface area contributed by atoms with Crippen molar-refractivity contribution in [2.24, 2.45) is 11.8 Å². The van der Waals surface area contributed by atoms with Gasteiger partial charge in [0.1, 0.15) is 0 Å². The number of hydrogen-bond acceptors (Lipinski definition) is 4. The van der Waals surface area contributed by atoms with Crippen LogP contribution in [0.5, 0.6) is 0 Å². The summed E-state index contributed by atoms with van der Waals surface area (Å²) in [5, 5.41) is 6.31. The van der Waals surface area contributed by atoms with Crippen LogP contribution < -0.4 is 10.6 Å².